The molecular weight excluding hydrogens is 240 g/mol. The van der Waals surface area contributed by atoms with Gasteiger partial charge in [-0.1, -0.05) is 20.8 Å². The second kappa shape index (κ2) is 6.18. The summed E-state index contributed by atoms with van der Waals surface area (Å²) in [6.45, 7) is 12.6. The normalized spacial score (nSPS) is 22.2. The molecule has 1 aromatic rings. The lowest BCUT2D eigenvalue weighted by Crippen LogP contribution is -2.49. The Labute approximate surface area is 115 Å². The van der Waals surface area contributed by atoms with Crippen LogP contribution in [0.15, 0.2) is 11.4 Å². The lowest BCUT2D eigenvalue weighted by atomic mass is 9.94. The molecule has 0 aromatic carbocycles. The third kappa shape index (κ3) is 2.79. The molecule has 0 spiro atoms. The number of likely N-dealkylation sites (N-methyl/N-ethyl adjacent to an activating group) is 1. The molecule has 1 aliphatic heterocycles. The molecular formula is C15H26N2S. The Balaban J connectivity index is 2.12. The van der Waals surface area contributed by atoms with E-state index < -0.39 is 0 Å². The topological polar surface area (TPSA) is 15.3 Å². The van der Waals surface area contributed by atoms with Gasteiger partial charge < -0.3 is 5.32 Å². The van der Waals surface area contributed by atoms with Crippen LogP contribution in [-0.2, 0) is 6.42 Å². The predicted molar refractivity (Wildman–Crippen MR) is 80.3 cm³/mol. The van der Waals surface area contributed by atoms with Crippen molar-refractivity contribution in [3.8, 4) is 0 Å². The van der Waals surface area contributed by atoms with Crippen molar-refractivity contribution in [3.63, 3.8) is 0 Å². The molecule has 0 saturated heterocycles. The van der Waals surface area contributed by atoms with E-state index in [9.17, 15) is 0 Å². The number of thiophene rings is 1. The van der Waals surface area contributed by atoms with E-state index in [-0.39, 0.29) is 0 Å². The highest BCUT2D eigenvalue weighted by Gasteiger charge is 2.31. The monoisotopic (exact) mass is 266 g/mol. The van der Waals surface area contributed by atoms with Gasteiger partial charge in [0.05, 0.1) is 0 Å². The second-order valence-corrected chi connectivity index (χ2v) is 6.58. The minimum atomic E-state index is 0.575. The van der Waals surface area contributed by atoms with E-state index in [2.05, 4.69) is 49.4 Å². The highest BCUT2D eigenvalue weighted by atomic mass is 32.1. The lowest BCUT2D eigenvalue weighted by molar-refractivity contribution is 0.101. The first-order valence-electron chi connectivity index (χ1n) is 7.17. The number of hydrogen-bond acceptors (Lipinski definition) is 3. The summed E-state index contributed by atoms with van der Waals surface area (Å²) in [5, 5.41) is 5.78. The molecule has 2 atom stereocenters. The fourth-order valence-corrected chi connectivity index (χ4v) is 3.97. The average molecular weight is 266 g/mol. The minimum absolute atomic E-state index is 0.575. The van der Waals surface area contributed by atoms with Crippen LogP contribution in [0, 0.1) is 5.92 Å². The SMILES string of the molecule is CCNCC(C(C)C)N1CCc2sccc2C1C. The molecule has 0 amide bonds. The maximum atomic E-state index is 3.53. The van der Waals surface area contributed by atoms with E-state index >= 15 is 0 Å². The van der Waals surface area contributed by atoms with Gasteiger partial charge in [-0.2, -0.15) is 0 Å². The van der Waals surface area contributed by atoms with Gasteiger partial charge in [0.1, 0.15) is 0 Å². The molecule has 102 valence electrons. The van der Waals surface area contributed by atoms with Crippen LogP contribution >= 0.6 is 11.3 Å². The number of rotatable bonds is 5. The molecule has 0 bridgehead atoms. The summed E-state index contributed by atoms with van der Waals surface area (Å²) in [6, 6.07) is 3.54. The quantitative estimate of drug-likeness (QED) is 0.879. The van der Waals surface area contributed by atoms with Crippen molar-refractivity contribution in [1.29, 1.82) is 0 Å². The summed E-state index contributed by atoms with van der Waals surface area (Å²) in [7, 11) is 0. The fraction of sp³-hybridized carbons (Fsp3) is 0.733. The summed E-state index contributed by atoms with van der Waals surface area (Å²) in [5.41, 5.74) is 1.56. The zero-order valence-electron chi connectivity index (χ0n) is 12.1. The molecule has 1 aliphatic rings. The maximum Gasteiger partial charge on any atom is 0.0334 e. The van der Waals surface area contributed by atoms with Gasteiger partial charge in [0.25, 0.3) is 0 Å². The van der Waals surface area contributed by atoms with Crippen molar-refractivity contribution in [2.75, 3.05) is 19.6 Å². The number of fused-ring (bicyclic) bond motifs is 1. The lowest BCUT2D eigenvalue weighted by Gasteiger charge is -2.41. The molecule has 2 heterocycles. The zero-order valence-corrected chi connectivity index (χ0v) is 12.9. The zero-order chi connectivity index (χ0) is 13.1. The number of nitrogens with one attached hydrogen (secondary N) is 1. The van der Waals surface area contributed by atoms with Gasteiger partial charge in [0.15, 0.2) is 0 Å². The molecule has 3 heteroatoms. The Morgan fingerprint density at radius 3 is 2.94 bits per heavy atom. The van der Waals surface area contributed by atoms with Crippen molar-refractivity contribution < 1.29 is 0 Å². The molecule has 0 fully saturated rings. The highest BCUT2D eigenvalue weighted by Crippen LogP contribution is 2.35. The molecule has 2 rings (SSSR count). The van der Waals surface area contributed by atoms with E-state index in [1.54, 1.807) is 10.4 Å². The summed E-state index contributed by atoms with van der Waals surface area (Å²) < 4.78 is 0. The first-order valence-corrected chi connectivity index (χ1v) is 8.05. The molecule has 1 aromatic heterocycles. The van der Waals surface area contributed by atoms with Gasteiger partial charge in [-0.25, -0.2) is 0 Å². The molecule has 18 heavy (non-hydrogen) atoms. The average Bonchev–Trinajstić information content (AvgIpc) is 2.80. The van der Waals surface area contributed by atoms with Gasteiger partial charge in [-0.05, 0) is 42.8 Å². The van der Waals surface area contributed by atoms with Crippen LogP contribution in [0.25, 0.3) is 0 Å². The minimum Gasteiger partial charge on any atom is -0.315 e. The van der Waals surface area contributed by atoms with Crippen LogP contribution in [0.4, 0.5) is 0 Å². The Morgan fingerprint density at radius 2 is 2.28 bits per heavy atom. The van der Waals surface area contributed by atoms with E-state index in [1.807, 2.05) is 11.3 Å². The second-order valence-electron chi connectivity index (χ2n) is 5.58. The summed E-state index contributed by atoms with van der Waals surface area (Å²) in [4.78, 5) is 4.30. The van der Waals surface area contributed by atoms with Crippen LogP contribution < -0.4 is 5.32 Å². The van der Waals surface area contributed by atoms with E-state index in [0.29, 0.717) is 18.0 Å². The number of hydrogen-bond donors (Lipinski definition) is 1. The van der Waals surface area contributed by atoms with Crippen LogP contribution in [0.5, 0.6) is 0 Å². The molecule has 2 nitrogen and oxygen atoms in total. The number of nitrogens with zero attached hydrogens (tertiary/aromatic N) is 1. The maximum absolute atomic E-state index is 3.53. The molecule has 2 unspecified atom stereocenters. The Kier molecular flexibility index (Phi) is 4.82. The van der Waals surface area contributed by atoms with E-state index in [1.165, 1.54) is 13.0 Å². The predicted octanol–water partition coefficient (Wildman–Crippen LogP) is 3.30. The Morgan fingerprint density at radius 1 is 1.50 bits per heavy atom. The van der Waals surface area contributed by atoms with Gasteiger partial charge in [0, 0.05) is 30.1 Å². The third-order valence-corrected chi connectivity index (χ3v) is 5.12. The molecule has 0 radical (unpaired) electrons. The largest absolute Gasteiger partial charge is 0.315 e. The van der Waals surface area contributed by atoms with Crippen molar-refractivity contribution in [2.24, 2.45) is 5.92 Å². The van der Waals surface area contributed by atoms with Crippen LogP contribution in [0.1, 0.15) is 44.2 Å². The first-order chi connectivity index (χ1) is 8.65. The van der Waals surface area contributed by atoms with Crippen LogP contribution in [0.2, 0.25) is 0 Å². The van der Waals surface area contributed by atoms with E-state index in [0.717, 1.165) is 13.1 Å². The molecule has 0 saturated carbocycles. The summed E-state index contributed by atoms with van der Waals surface area (Å²) in [6.07, 6.45) is 1.23. The smallest absolute Gasteiger partial charge is 0.0334 e. The van der Waals surface area contributed by atoms with Gasteiger partial charge in [0.2, 0.25) is 0 Å². The van der Waals surface area contributed by atoms with Crippen LogP contribution in [0.3, 0.4) is 0 Å². The van der Waals surface area contributed by atoms with Gasteiger partial charge in [-0.3, -0.25) is 4.90 Å². The Bertz CT molecular complexity index is 372. The molecule has 0 aliphatic carbocycles. The van der Waals surface area contributed by atoms with Gasteiger partial charge >= 0.3 is 0 Å². The van der Waals surface area contributed by atoms with Crippen molar-refractivity contribution >= 4 is 11.3 Å². The van der Waals surface area contributed by atoms with Crippen molar-refractivity contribution in [3.05, 3.63) is 21.9 Å². The summed E-state index contributed by atoms with van der Waals surface area (Å²) >= 11 is 1.93. The highest BCUT2D eigenvalue weighted by molar-refractivity contribution is 7.10. The fourth-order valence-electron chi connectivity index (χ4n) is 3.01. The third-order valence-electron chi connectivity index (χ3n) is 4.12. The summed E-state index contributed by atoms with van der Waals surface area (Å²) in [5.74, 6) is 0.701. The van der Waals surface area contributed by atoms with Crippen molar-refractivity contribution in [2.45, 2.75) is 46.2 Å². The Hall–Kier alpha value is -0.380. The van der Waals surface area contributed by atoms with Gasteiger partial charge in [-0.15, -0.1) is 11.3 Å². The van der Waals surface area contributed by atoms with Crippen molar-refractivity contribution in [1.82, 2.24) is 10.2 Å². The first kappa shape index (κ1) is 14.0. The molecule has 1 N–H and O–H groups in total. The van der Waals surface area contributed by atoms with E-state index in [4.69, 9.17) is 0 Å². The standard InChI is InChI=1S/C15H26N2S/c1-5-16-10-14(11(2)3)17-8-6-15-13(12(17)4)7-9-18-15/h7,9,11-12,14,16H,5-6,8,10H2,1-4H3. The van der Waals surface area contributed by atoms with Crippen LogP contribution in [-0.4, -0.2) is 30.6 Å².